The van der Waals surface area contributed by atoms with E-state index in [9.17, 15) is 14.4 Å². The molecule has 7 nitrogen and oxygen atoms in total. The minimum absolute atomic E-state index is 0.0230. The molecule has 1 fully saturated rings. The lowest BCUT2D eigenvalue weighted by Crippen LogP contribution is -2.46. The second kappa shape index (κ2) is 5.59. The summed E-state index contributed by atoms with van der Waals surface area (Å²) in [6.45, 7) is 0. The molecule has 0 unspecified atom stereocenters. The number of nitrogens with one attached hydrogen (secondary N) is 2. The Balaban J connectivity index is 1.86. The van der Waals surface area contributed by atoms with Crippen molar-refractivity contribution in [2.75, 3.05) is 0 Å². The lowest BCUT2D eigenvalue weighted by molar-refractivity contribution is -0.128. The molecule has 114 valence electrons. The van der Waals surface area contributed by atoms with Crippen molar-refractivity contribution < 1.29 is 9.59 Å². The van der Waals surface area contributed by atoms with Gasteiger partial charge in [-0.05, 0) is 18.9 Å². The molecule has 1 heterocycles. The first-order valence-electron chi connectivity index (χ1n) is 7.14. The van der Waals surface area contributed by atoms with Gasteiger partial charge in [-0.1, -0.05) is 24.6 Å². The van der Waals surface area contributed by atoms with Crippen LogP contribution >= 0.6 is 0 Å². The maximum absolute atomic E-state index is 12.3. The number of carbonyl (C=O) groups excluding carboxylic acids is 2. The number of hydrogen-bond donors (Lipinski definition) is 2. The van der Waals surface area contributed by atoms with E-state index in [1.807, 2.05) is 0 Å². The highest BCUT2D eigenvalue weighted by Crippen LogP contribution is 2.25. The van der Waals surface area contributed by atoms with Gasteiger partial charge >= 0.3 is 0 Å². The summed E-state index contributed by atoms with van der Waals surface area (Å²) >= 11 is 0. The summed E-state index contributed by atoms with van der Waals surface area (Å²) in [4.78, 5) is 36.0. The Labute approximate surface area is 126 Å². The van der Waals surface area contributed by atoms with Crippen LogP contribution in [0.2, 0.25) is 0 Å². The molecule has 0 aliphatic heterocycles. The molecular formula is C15H16N4O3. The van der Waals surface area contributed by atoms with E-state index >= 15 is 0 Å². The van der Waals surface area contributed by atoms with E-state index in [0.717, 1.165) is 23.9 Å². The normalized spacial score (nSPS) is 14.4. The van der Waals surface area contributed by atoms with Crippen LogP contribution in [-0.2, 0) is 11.8 Å². The molecule has 1 aromatic carbocycles. The minimum Gasteiger partial charge on any atom is -0.273 e. The van der Waals surface area contributed by atoms with Gasteiger partial charge in [0.05, 0.1) is 5.39 Å². The Kier molecular flexibility index (Phi) is 3.62. The van der Waals surface area contributed by atoms with Gasteiger partial charge in [0.1, 0.15) is 0 Å². The van der Waals surface area contributed by atoms with Crippen molar-refractivity contribution in [1.29, 1.82) is 0 Å². The van der Waals surface area contributed by atoms with Gasteiger partial charge in [0.15, 0.2) is 5.69 Å². The number of amides is 2. The number of aryl methyl sites for hydroxylation is 1. The topological polar surface area (TPSA) is 93.1 Å². The Bertz CT molecular complexity index is 808. The van der Waals surface area contributed by atoms with Gasteiger partial charge in [0.2, 0.25) is 5.91 Å². The summed E-state index contributed by atoms with van der Waals surface area (Å²) < 4.78 is 1.12. The summed E-state index contributed by atoms with van der Waals surface area (Å²) in [5.74, 6) is -0.752. The van der Waals surface area contributed by atoms with Crippen molar-refractivity contribution in [3.05, 3.63) is 40.3 Å². The third-order valence-corrected chi connectivity index (χ3v) is 3.95. The largest absolute Gasteiger partial charge is 0.290 e. The lowest BCUT2D eigenvalue weighted by atomic mass is 9.85. The van der Waals surface area contributed by atoms with Crippen molar-refractivity contribution in [1.82, 2.24) is 20.6 Å². The van der Waals surface area contributed by atoms with Crippen LogP contribution in [0, 0.1) is 5.92 Å². The van der Waals surface area contributed by atoms with E-state index in [2.05, 4.69) is 16.0 Å². The second-order valence-electron chi connectivity index (χ2n) is 5.39. The van der Waals surface area contributed by atoms with Crippen molar-refractivity contribution >= 4 is 22.6 Å². The number of nitrogens with zero attached hydrogens (tertiary/aromatic N) is 2. The Morgan fingerprint density at radius 1 is 1.18 bits per heavy atom. The molecule has 0 atom stereocenters. The van der Waals surface area contributed by atoms with Gasteiger partial charge in [-0.15, -0.1) is 0 Å². The van der Waals surface area contributed by atoms with Crippen LogP contribution in [0.1, 0.15) is 29.8 Å². The predicted molar refractivity (Wildman–Crippen MR) is 79.9 cm³/mol. The fraction of sp³-hybridized carbons (Fsp3) is 0.333. The lowest BCUT2D eigenvalue weighted by Gasteiger charge is -2.23. The van der Waals surface area contributed by atoms with E-state index in [1.54, 1.807) is 24.3 Å². The standard InChI is InChI=1S/C15H16N4O3/c1-19-15(22)11-8-3-2-7-10(11)12(18-19)14(21)17-16-13(20)9-5-4-6-9/h2-3,7-9H,4-6H2,1H3,(H,16,20)(H,17,21). The van der Waals surface area contributed by atoms with Crippen molar-refractivity contribution in [2.45, 2.75) is 19.3 Å². The van der Waals surface area contributed by atoms with Gasteiger partial charge in [0, 0.05) is 18.4 Å². The third-order valence-electron chi connectivity index (χ3n) is 3.95. The Morgan fingerprint density at radius 2 is 1.86 bits per heavy atom. The average Bonchev–Trinajstić information content (AvgIpc) is 2.47. The van der Waals surface area contributed by atoms with Gasteiger partial charge in [-0.2, -0.15) is 5.10 Å². The number of benzene rings is 1. The molecule has 0 saturated heterocycles. The zero-order chi connectivity index (χ0) is 15.7. The minimum atomic E-state index is -0.542. The summed E-state index contributed by atoms with van der Waals surface area (Å²) in [7, 11) is 1.48. The van der Waals surface area contributed by atoms with Gasteiger partial charge in [-0.3, -0.25) is 25.2 Å². The smallest absolute Gasteiger partial charge is 0.273 e. The molecule has 2 amide bonds. The first kappa shape index (κ1) is 14.2. The maximum atomic E-state index is 12.3. The van der Waals surface area contributed by atoms with E-state index in [-0.39, 0.29) is 23.1 Å². The second-order valence-corrected chi connectivity index (χ2v) is 5.39. The van der Waals surface area contributed by atoms with Gasteiger partial charge in [-0.25, -0.2) is 4.68 Å². The van der Waals surface area contributed by atoms with Crippen molar-refractivity contribution in [3.63, 3.8) is 0 Å². The predicted octanol–water partition coefficient (Wildman–Crippen LogP) is 0.495. The van der Waals surface area contributed by atoms with E-state index < -0.39 is 5.91 Å². The number of fused-ring (bicyclic) bond motifs is 1. The van der Waals surface area contributed by atoms with Gasteiger partial charge in [0.25, 0.3) is 11.5 Å². The SMILES string of the molecule is Cn1nc(C(=O)NNC(=O)C2CCC2)c2ccccc2c1=O. The fourth-order valence-corrected chi connectivity index (χ4v) is 2.42. The molecule has 1 aliphatic rings. The molecule has 2 aromatic rings. The highest BCUT2D eigenvalue weighted by Gasteiger charge is 2.25. The zero-order valence-corrected chi connectivity index (χ0v) is 12.1. The van der Waals surface area contributed by atoms with E-state index in [1.165, 1.54) is 7.05 Å². The number of aromatic nitrogens is 2. The number of hydrogen-bond acceptors (Lipinski definition) is 4. The quantitative estimate of drug-likeness (QED) is 0.790. The number of rotatable bonds is 2. The molecule has 7 heteroatoms. The summed E-state index contributed by atoms with van der Waals surface area (Å²) in [6, 6.07) is 6.76. The zero-order valence-electron chi connectivity index (χ0n) is 12.1. The van der Waals surface area contributed by atoms with E-state index in [0.29, 0.717) is 10.8 Å². The van der Waals surface area contributed by atoms with Crippen LogP contribution in [0.4, 0.5) is 0 Å². The Morgan fingerprint density at radius 3 is 2.50 bits per heavy atom. The molecule has 0 spiro atoms. The maximum Gasteiger partial charge on any atom is 0.290 e. The molecule has 2 N–H and O–H groups in total. The summed E-state index contributed by atoms with van der Waals surface area (Å²) in [6.07, 6.45) is 2.74. The molecule has 22 heavy (non-hydrogen) atoms. The fourth-order valence-electron chi connectivity index (χ4n) is 2.42. The monoisotopic (exact) mass is 300 g/mol. The number of hydrazine groups is 1. The molecule has 3 rings (SSSR count). The van der Waals surface area contributed by atoms with Crippen LogP contribution in [-0.4, -0.2) is 21.6 Å². The average molecular weight is 300 g/mol. The van der Waals surface area contributed by atoms with Crippen LogP contribution in [0.5, 0.6) is 0 Å². The Hall–Kier alpha value is -2.70. The molecule has 0 radical (unpaired) electrons. The van der Waals surface area contributed by atoms with Crippen LogP contribution in [0.15, 0.2) is 29.1 Å². The van der Waals surface area contributed by atoms with Crippen LogP contribution in [0.25, 0.3) is 10.8 Å². The molecule has 1 saturated carbocycles. The highest BCUT2D eigenvalue weighted by atomic mass is 16.2. The molecular weight excluding hydrogens is 284 g/mol. The summed E-state index contributed by atoms with van der Waals surface area (Å²) in [5.41, 5.74) is 4.62. The highest BCUT2D eigenvalue weighted by molar-refractivity contribution is 6.05. The molecule has 1 aromatic heterocycles. The first-order valence-corrected chi connectivity index (χ1v) is 7.14. The van der Waals surface area contributed by atoms with Crippen LogP contribution in [0.3, 0.4) is 0 Å². The first-order chi connectivity index (χ1) is 10.6. The number of carbonyl (C=O) groups is 2. The van der Waals surface area contributed by atoms with Gasteiger partial charge < -0.3 is 0 Å². The third kappa shape index (κ3) is 2.45. The van der Waals surface area contributed by atoms with E-state index in [4.69, 9.17) is 0 Å². The van der Waals surface area contributed by atoms with Crippen molar-refractivity contribution in [3.8, 4) is 0 Å². The van der Waals surface area contributed by atoms with Crippen molar-refractivity contribution in [2.24, 2.45) is 13.0 Å². The molecule has 1 aliphatic carbocycles. The summed E-state index contributed by atoms with van der Waals surface area (Å²) in [5, 5.41) is 4.87. The van der Waals surface area contributed by atoms with Crippen LogP contribution < -0.4 is 16.4 Å². The molecule has 0 bridgehead atoms.